The van der Waals surface area contributed by atoms with Crippen LogP contribution in [-0.2, 0) is 0 Å². The number of amides is 2. The minimum atomic E-state index is -1.08. The van der Waals surface area contributed by atoms with Crippen molar-refractivity contribution in [2.45, 2.75) is 44.7 Å². The lowest BCUT2D eigenvalue weighted by atomic mass is 10.0. The molecule has 1 saturated heterocycles. The third-order valence-corrected chi connectivity index (χ3v) is 5.98. The summed E-state index contributed by atoms with van der Waals surface area (Å²) < 4.78 is 0.455. The Balaban J connectivity index is 1.91. The van der Waals surface area contributed by atoms with Crippen LogP contribution in [0.25, 0.3) is 0 Å². The van der Waals surface area contributed by atoms with Gasteiger partial charge in [-0.3, -0.25) is 4.79 Å². The molecule has 0 aromatic carbocycles. The van der Waals surface area contributed by atoms with Crippen LogP contribution in [0.5, 0.6) is 0 Å². The molecule has 0 spiro atoms. The summed E-state index contributed by atoms with van der Waals surface area (Å²) in [7, 11) is 0. The summed E-state index contributed by atoms with van der Waals surface area (Å²) in [6.07, 6.45) is 3.18. The van der Waals surface area contributed by atoms with Gasteiger partial charge in [-0.25, -0.2) is 9.78 Å². The van der Waals surface area contributed by atoms with Crippen LogP contribution in [0.15, 0.2) is 10.7 Å². The predicted octanol–water partition coefficient (Wildman–Crippen LogP) is 2.48. The average Bonchev–Trinajstić information content (AvgIpc) is 3.37. The lowest BCUT2D eigenvalue weighted by molar-refractivity contribution is 0.0935. The summed E-state index contributed by atoms with van der Waals surface area (Å²) in [5, 5.41) is 24.0. The lowest BCUT2D eigenvalue weighted by Gasteiger charge is -2.27. The highest BCUT2D eigenvalue weighted by Gasteiger charge is 2.38. The number of aromatic nitrogens is 1. The van der Waals surface area contributed by atoms with Crippen LogP contribution < -0.4 is 15.5 Å². The zero-order valence-corrected chi connectivity index (χ0v) is 16.8. The fourth-order valence-electron chi connectivity index (χ4n) is 3.54. The van der Waals surface area contributed by atoms with Gasteiger partial charge >= 0.3 is 6.09 Å². The molecule has 1 saturated carbocycles. The van der Waals surface area contributed by atoms with Crippen molar-refractivity contribution in [1.82, 2.24) is 15.6 Å². The van der Waals surface area contributed by atoms with Gasteiger partial charge in [0.15, 0.2) is 5.69 Å². The molecule has 0 radical (unpaired) electrons. The number of anilines is 1. The van der Waals surface area contributed by atoms with Crippen LogP contribution >= 0.6 is 15.9 Å². The van der Waals surface area contributed by atoms with E-state index < -0.39 is 11.6 Å². The first kappa shape index (κ1) is 19.4. The molecule has 144 valence electrons. The summed E-state index contributed by atoms with van der Waals surface area (Å²) in [6, 6.07) is 2.10. The molecule has 1 aromatic heterocycles. The van der Waals surface area contributed by atoms with Crippen molar-refractivity contribution in [2.24, 2.45) is 5.92 Å². The summed E-state index contributed by atoms with van der Waals surface area (Å²) in [5.41, 5.74) is 0.527. The second kappa shape index (κ2) is 7.35. The molecule has 0 bridgehead atoms. The van der Waals surface area contributed by atoms with Crippen molar-refractivity contribution in [3.8, 4) is 6.07 Å². The Morgan fingerprint density at radius 3 is 2.81 bits per heavy atom. The van der Waals surface area contributed by atoms with Crippen LogP contribution in [0.2, 0.25) is 0 Å². The number of rotatable bonds is 5. The van der Waals surface area contributed by atoms with Gasteiger partial charge in [0.1, 0.15) is 6.07 Å². The number of nitriles is 1. The largest absolute Gasteiger partial charge is 0.465 e. The first-order valence-corrected chi connectivity index (χ1v) is 9.69. The Bertz CT molecular complexity index is 820. The topological polar surface area (TPSA) is 118 Å². The highest BCUT2D eigenvalue weighted by Crippen LogP contribution is 2.37. The Hall–Kier alpha value is -2.34. The van der Waals surface area contributed by atoms with Crippen LogP contribution in [0.3, 0.4) is 0 Å². The molecule has 3 rings (SSSR count). The Kier molecular flexibility index (Phi) is 5.29. The smallest absolute Gasteiger partial charge is 0.405 e. The molecular formula is C18H22BrN5O3. The maximum absolute atomic E-state index is 12.9. The van der Waals surface area contributed by atoms with Gasteiger partial charge in [-0.05, 0) is 55.0 Å². The maximum atomic E-state index is 12.9. The first-order valence-electron chi connectivity index (χ1n) is 8.89. The Morgan fingerprint density at radius 2 is 2.22 bits per heavy atom. The van der Waals surface area contributed by atoms with Gasteiger partial charge in [0.25, 0.3) is 5.91 Å². The third-order valence-electron chi connectivity index (χ3n) is 5.23. The van der Waals surface area contributed by atoms with Gasteiger partial charge in [-0.1, -0.05) is 0 Å². The van der Waals surface area contributed by atoms with Crippen molar-refractivity contribution < 1.29 is 14.7 Å². The van der Waals surface area contributed by atoms with Crippen LogP contribution in [-0.4, -0.2) is 46.8 Å². The number of hydrogen-bond acceptors (Lipinski definition) is 5. The summed E-state index contributed by atoms with van der Waals surface area (Å²) in [6.45, 7) is 4.77. The van der Waals surface area contributed by atoms with E-state index in [0.717, 1.165) is 12.8 Å². The van der Waals surface area contributed by atoms with Crippen molar-refractivity contribution >= 4 is 33.6 Å². The molecule has 9 heteroatoms. The van der Waals surface area contributed by atoms with Crippen LogP contribution in [0, 0.1) is 17.2 Å². The number of pyridine rings is 1. The molecule has 8 nitrogen and oxygen atoms in total. The molecular weight excluding hydrogens is 414 g/mol. The van der Waals surface area contributed by atoms with E-state index in [9.17, 15) is 14.9 Å². The number of nitrogens with zero attached hydrogens (tertiary/aromatic N) is 3. The average molecular weight is 436 g/mol. The number of nitrogens with one attached hydrogen (secondary N) is 2. The molecule has 2 heterocycles. The van der Waals surface area contributed by atoms with Crippen LogP contribution in [0.4, 0.5) is 10.5 Å². The van der Waals surface area contributed by atoms with Crippen LogP contribution in [0.1, 0.15) is 49.2 Å². The van der Waals surface area contributed by atoms with Gasteiger partial charge in [0, 0.05) is 25.3 Å². The van der Waals surface area contributed by atoms with E-state index in [1.54, 1.807) is 0 Å². The zero-order valence-electron chi connectivity index (χ0n) is 15.3. The summed E-state index contributed by atoms with van der Waals surface area (Å²) >= 11 is 3.42. The van der Waals surface area contributed by atoms with Gasteiger partial charge in [-0.15, -0.1) is 0 Å². The number of halogens is 1. The van der Waals surface area contributed by atoms with E-state index in [0.29, 0.717) is 41.2 Å². The Morgan fingerprint density at radius 1 is 1.52 bits per heavy atom. The molecule has 1 aromatic rings. The molecule has 2 atom stereocenters. The first-order chi connectivity index (χ1) is 12.7. The van der Waals surface area contributed by atoms with Gasteiger partial charge in [0.2, 0.25) is 0 Å². The second-order valence-electron chi connectivity index (χ2n) is 7.56. The molecule has 2 amide bonds. The number of hydrogen-bond donors (Lipinski definition) is 3. The zero-order chi connectivity index (χ0) is 19.8. The van der Waals surface area contributed by atoms with Crippen molar-refractivity contribution in [1.29, 1.82) is 5.26 Å². The second-order valence-corrected chi connectivity index (χ2v) is 8.35. The van der Waals surface area contributed by atoms with Gasteiger partial charge in [0.05, 0.1) is 21.3 Å². The van der Waals surface area contributed by atoms with Crippen molar-refractivity contribution in [3.05, 3.63) is 21.9 Å². The summed E-state index contributed by atoms with van der Waals surface area (Å²) in [4.78, 5) is 30.0. The highest BCUT2D eigenvalue weighted by molar-refractivity contribution is 9.10. The lowest BCUT2D eigenvalue weighted by Crippen LogP contribution is -2.47. The minimum absolute atomic E-state index is 0.0808. The fourth-order valence-corrected chi connectivity index (χ4v) is 4.20. The molecule has 1 aliphatic heterocycles. The van der Waals surface area contributed by atoms with E-state index in [1.807, 2.05) is 24.8 Å². The van der Waals surface area contributed by atoms with Gasteiger partial charge in [-0.2, -0.15) is 5.26 Å². The van der Waals surface area contributed by atoms with E-state index in [2.05, 4.69) is 31.5 Å². The summed E-state index contributed by atoms with van der Waals surface area (Å²) in [5.74, 6) is 0.281. The molecule has 1 unspecified atom stereocenters. The molecule has 1 aliphatic carbocycles. The normalized spacial score (nSPS) is 22.8. The third kappa shape index (κ3) is 4.16. The fraction of sp³-hybridized carbons (Fsp3) is 0.556. The molecule has 27 heavy (non-hydrogen) atoms. The molecule has 2 fully saturated rings. The van der Waals surface area contributed by atoms with Crippen molar-refractivity contribution in [2.75, 3.05) is 18.0 Å². The van der Waals surface area contributed by atoms with Crippen molar-refractivity contribution in [3.63, 3.8) is 0 Å². The Labute approximate surface area is 166 Å². The maximum Gasteiger partial charge on any atom is 0.405 e. The standard InChI is InChI=1S/C18H22BrN5O3/c1-10(11-3-4-11)22-16(25)12-8-21-13(7-20)14(19)15(12)24-6-5-18(2,9-24)23-17(26)27/h8,10-11,23H,3-6,9H2,1-2H3,(H,22,25)(H,26,27)/t10-,18?/m0/s1. The minimum Gasteiger partial charge on any atom is -0.465 e. The number of carbonyl (C=O) groups excluding carboxylic acids is 1. The molecule has 2 aliphatic rings. The van der Waals surface area contributed by atoms with E-state index in [4.69, 9.17) is 5.11 Å². The highest BCUT2D eigenvalue weighted by atomic mass is 79.9. The van der Waals surface area contributed by atoms with E-state index in [-0.39, 0.29) is 17.6 Å². The number of carboxylic acid groups (broad SMARTS) is 1. The van der Waals surface area contributed by atoms with Gasteiger partial charge < -0.3 is 20.6 Å². The monoisotopic (exact) mass is 435 g/mol. The predicted molar refractivity (Wildman–Crippen MR) is 103 cm³/mol. The van der Waals surface area contributed by atoms with E-state index >= 15 is 0 Å². The SMILES string of the molecule is C[C@H](NC(=O)c1cnc(C#N)c(Br)c1N1CCC(C)(NC(=O)O)C1)C1CC1. The number of carbonyl (C=O) groups is 2. The van der Waals surface area contributed by atoms with E-state index in [1.165, 1.54) is 6.20 Å². The molecule has 3 N–H and O–H groups in total. The quantitative estimate of drug-likeness (QED) is 0.653.